The molecule has 0 saturated heterocycles. The van der Waals surface area contributed by atoms with E-state index in [-0.39, 0.29) is 0 Å². The van der Waals surface area contributed by atoms with Crippen molar-refractivity contribution in [1.82, 2.24) is 5.32 Å². The van der Waals surface area contributed by atoms with E-state index in [1.54, 1.807) is 0 Å². The normalized spacial score (nSPS) is 10.0. The van der Waals surface area contributed by atoms with Crippen LogP contribution in [0.4, 0.5) is 0 Å². The fraction of sp³-hybridized carbons (Fsp3) is 0.875. The summed E-state index contributed by atoms with van der Waals surface area (Å²) in [4.78, 5) is 0. The molecule has 1 nitrogen and oxygen atoms in total. The highest BCUT2D eigenvalue weighted by atomic mass is 14.8. The molecule has 0 rings (SSSR count). The van der Waals surface area contributed by atoms with Crippen molar-refractivity contribution in [1.29, 1.82) is 0 Å². The summed E-state index contributed by atoms with van der Waals surface area (Å²) in [6.07, 6.45) is 14.1. The molecule has 0 fully saturated rings. The standard InChI is InChI=1S/C16H31N/c1-3-5-7-8-9-10-11-12-13-14-16-17-15-6-4-2/h17H,3,5,7-16H2,1-2H3. The van der Waals surface area contributed by atoms with Gasteiger partial charge in [-0.2, -0.15) is 0 Å². The lowest BCUT2D eigenvalue weighted by molar-refractivity contribution is 0.549. The zero-order valence-corrected chi connectivity index (χ0v) is 12.0. The summed E-state index contributed by atoms with van der Waals surface area (Å²) in [5.74, 6) is 5.92. The van der Waals surface area contributed by atoms with E-state index < -0.39 is 0 Å². The van der Waals surface area contributed by atoms with Crippen LogP contribution in [0.1, 0.15) is 78.1 Å². The van der Waals surface area contributed by atoms with Crippen LogP contribution in [0.3, 0.4) is 0 Å². The zero-order valence-electron chi connectivity index (χ0n) is 12.0. The summed E-state index contributed by atoms with van der Waals surface area (Å²) >= 11 is 0. The van der Waals surface area contributed by atoms with Crippen molar-refractivity contribution in [3.8, 4) is 11.8 Å². The first kappa shape index (κ1) is 16.5. The Morgan fingerprint density at radius 2 is 1.29 bits per heavy atom. The maximum atomic E-state index is 3.34. The summed E-state index contributed by atoms with van der Waals surface area (Å²) in [6, 6.07) is 0. The minimum atomic E-state index is 0.855. The molecule has 0 saturated carbocycles. The predicted octanol–water partition coefficient (Wildman–Crippen LogP) is 4.52. The van der Waals surface area contributed by atoms with Crippen LogP contribution in [0.5, 0.6) is 0 Å². The summed E-state index contributed by atoms with van der Waals surface area (Å²) in [5, 5.41) is 3.34. The monoisotopic (exact) mass is 237 g/mol. The minimum absolute atomic E-state index is 0.855. The Hall–Kier alpha value is -0.480. The topological polar surface area (TPSA) is 12.0 Å². The molecule has 0 aliphatic rings. The van der Waals surface area contributed by atoms with E-state index in [9.17, 15) is 0 Å². The van der Waals surface area contributed by atoms with Crippen LogP contribution in [-0.2, 0) is 0 Å². The van der Waals surface area contributed by atoms with Crippen molar-refractivity contribution < 1.29 is 0 Å². The van der Waals surface area contributed by atoms with Gasteiger partial charge in [0.2, 0.25) is 0 Å². The molecule has 0 amide bonds. The first-order valence-electron chi connectivity index (χ1n) is 7.52. The lowest BCUT2D eigenvalue weighted by atomic mass is 10.1. The van der Waals surface area contributed by atoms with Gasteiger partial charge in [-0.15, -0.1) is 5.92 Å². The van der Waals surface area contributed by atoms with Crippen molar-refractivity contribution in [2.75, 3.05) is 13.1 Å². The van der Waals surface area contributed by atoms with Crippen LogP contribution >= 0.6 is 0 Å². The maximum absolute atomic E-state index is 3.34. The number of rotatable bonds is 12. The molecule has 0 unspecified atom stereocenters. The van der Waals surface area contributed by atoms with Gasteiger partial charge in [-0.25, -0.2) is 0 Å². The average molecular weight is 237 g/mol. The van der Waals surface area contributed by atoms with Gasteiger partial charge in [-0.3, -0.25) is 0 Å². The number of unbranched alkanes of at least 4 members (excludes halogenated alkanes) is 9. The molecule has 0 spiro atoms. The molecule has 1 heteroatoms. The summed E-state index contributed by atoms with van der Waals surface area (Å²) in [6.45, 7) is 6.15. The van der Waals surface area contributed by atoms with E-state index in [0.29, 0.717) is 0 Å². The van der Waals surface area contributed by atoms with E-state index in [0.717, 1.165) is 13.1 Å². The average Bonchev–Trinajstić information content (AvgIpc) is 2.35. The second-order valence-corrected chi connectivity index (χ2v) is 4.79. The zero-order chi connectivity index (χ0) is 12.6. The first-order valence-corrected chi connectivity index (χ1v) is 7.52. The Kier molecular flexibility index (Phi) is 15.1. The maximum Gasteiger partial charge on any atom is 0.0576 e. The van der Waals surface area contributed by atoms with E-state index in [1.807, 2.05) is 6.92 Å². The first-order chi connectivity index (χ1) is 8.41. The quantitative estimate of drug-likeness (QED) is 0.389. The summed E-state index contributed by atoms with van der Waals surface area (Å²) in [7, 11) is 0. The van der Waals surface area contributed by atoms with Gasteiger partial charge < -0.3 is 5.32 Å². The molecule has 17 heavy (non-hydrogen) atoms. The molecule has 1 N–H and O–H groups in total. The minimum Gasteiger partial charge on any atom is -0.306 e. The van der Waals surface area contributed by atoms with Crippen LogP contribution in [0, 0.1) is 11.8 Å². The molecule has 0 aliphatic heterocycles. The van der Waals surface area contributed by atoms with Gasteiger partial charge in [0.15, 0.2) is 0 Å². The highest BCUT2D eigenvalue weighted by Gasteiger charge is 1.92. The Morgan fingerprint density at radius 3 is 1.82 bits per heavy atom. The summed E-state index contributed by atoms with van der Waals surface area (Å²) in [5.41, 5.74) is 0. The largest absolute Gasteiger partial charge is 0.306 e. The van der Waals surface area contributed by atoms with Crippen molar-refractivity contribution in [3.05, 3.63) is 0 Å². The van der Waals surface area contributed by atoms with Crippen LogP contribution in [0.15, 0.2) is 0 Å². The molecular weight excluding hydrogens is 206 g/mol. The van der Waals surface area contributed by atoms with Gasteiger partial charge in [0, 0.05) is 0 Å². The van der Waals surface area contributed by atoms with Gasteiger partial charge in [0.25, 0.3) is 0 Å². The second-order valence-electron chi connectivity index (χ2n) is 4.79. The van der Waals surface area contributed by atoms with Crippen LogP contribution < -0.4 is 5.32 Å². The van der Waals surface area contributed by atoms with Crippen molar-refractivity contribution in [2.45, 2.75) is 78.1 Å². The number of hydrogen-bond donors (Lipinski definition) is 1. The third-order valence-electron chi connectivity index (χ3n) is 3.10. The van der Waals surface area contributed by atoms with Gasteiger partial charge in [0.1, 0.15) is 0 Å². The van der Waals surface area contributed by atoms with Gasteiger partial charge in [-0.1, -0.05) is 70.6 Å². The Labute approximate surface area is 109 Å². The Bertz CT molecular complexity index is 187. The third-order valence-corrected chi connectivity index (χ3v) is 3.10. The van der Waals surface area contributed by atoms with Crippen LogP contribution in [0.25, 0.3) is 0 Å². The van der Waals surface area contributed by atoms with E-state index >= 15 is 0 Å². The van der Waals surface area contributed by atoms with Crippen LogP contribution in [-0.4, -0.2) is 13.1 Å². The third kappa shape index (κ3) is 15.5. The Balaban J connectivity index is 2.91. The van der Waals surface area contributed by atoms with Gasteiger partial charge in [0.05, 0.1) is 6.54 Å². The van der Waals surface area contributed by atoms with Crippen molar-refractivity contribution in [3.63, 3.8) is 0 Å². The van der Waals surface area contributed by atoms with Crippen molar-refractivity contribution >= 4 is 0 Å². The smallest absolute Gasteiger partial charge is 0.0576 e. The van der Waals surface area contributed by atoms with E-state index in [2.05, 4.69) is 24.1 Å². The molecule has 0 heterocycles. The highest BCUT2D eigenvalue weighted by molar-refractivity contribution is 4.96. The SMILES string of the molecule is CC#CCNCCCCCCCCCCCC. The lowest BCUT2D eigenvalue weighted by Crippen LogP contribution is -2.15. The molecule has 0 radical (unpaired) electrons. The molecular formula is C16H31N. The van der Waals surface area contributed by atoms with Crippen molar-refractivity contribution in [2.24, 2.45) is 0 Å². The molecule has 0 aromatic carbocycles. The fourth-order valence-corrected chi connectivity index (χ4v) is 1.98. The van der Waals surface area contributed by atoms with Crippen LogP contribution in [0.2, 0.25) is 0 Å². The Morgan fingerprint density at radius 1 is 0.765 bits per heavy atom. The molecule has 0 aromatic rings. The number of hydrogen-bond acceptors (Lipinski definition) is 1. The summed E-state index contributed by atoms with van der Waals surface area (Å²) < 4.78 is 0. The molecule has 0 aliphatic carbocycles. The van der Waals surface area contributed by atoms with Gasteiger partial charge in [-0.05, 0) is 19.9 Å². The lowest BCUT2D eigenvalue weighted by Gasteiger charge is -2.02. The molecule has 0 aromatic heterocycles. The van der Waals surface area contributed by atoms with E-state index in [4.69, 9.17) is 0 Å². The number of nitrogens with one attached hydrogen (secondary N) is 1. The van der Waals surface area contributed by atoms with E-state index in [1.165, 1.54) is 64.2 Å². The predicted molar refractivity (Wildman–Crippen MR) is 78.2 cm³/mol. The van der Waals surface area contributed by atoms with Gasteiger partial charge >= 0.3 is 0 Å². The fourth-order valence-electron chi connectivity index (χ4n) is 1.98. The second kappa shape index (κ2) is 15.5. The molecule has 0 bridgehead atoms. The highest BCUT2D eigenvalue weighted by Crippen LogP contribution is 2.10. The molecule has 0 atom stereocenters. The molecule has 100 valence electrons.